The molecule has 9 nitrogen and oxygen atoms in total. The van der Waals surface area contributed by atoms with Gasteiger partial charge in [0, 0.05) is 30.7 Å². The summed E-state index contributed by atoms with van der Waals surface area (Å²) in [5.41, 5.74) is 7.98. The van der Waals surface area contributed by atoms with Crippen LogP contribution in [0.5, 0.6) is 0 Å². The van der Waals surface area contributed by atoms with Gasteiger partial charge >= 0.3 is 12.1 Å². The zero-order valence-corrected chi connectivity index (χ0v) is 25.5. The van der Waals surface area contributed by atoms with Gasteiger partial charge in [0.1, 0.15) is 18.3 Å². The molecule has 0 aromatic rings. The lowest BCUT2D eigenvalue weighted by Gasteiger charge is -2.22. The lowest BCUT2D eigenvalue weighted by Crippen LogP contribution is -2.32. The first-order valence-corrected chi connectivity index (χ1v) is 14.4. The number of carbonyl (C=O) groups is 3. The number of hydrogen-bond acceptors (Lipinski definition) is 7. The SMILES string of the molecule is CC(C)=CC(=O)N/C=C/C(C)=C/[C@H](C)[C@@H]1C/C(C)=C/C=C/CC[C@@H](OC(N)=O)[C@H](O)/C=C/[C@H](O)CCC/C=C/C(=O)O1. The van der Waals surface area contributed by atoms with Crippen molar-refractivity contribution in [2.24, 2.45) is 11.7 Å². The van der Waals surface area contributed by atoms with Crippen LogP contribution in [0.25, 0.3) is 0 Å². The molecule has 1 aliphatic heterocycles. The third kappa shape index (κ3) is 17.2. The van der Waals surface area contributed by atoms with Crippen molar-refractivity contribution >= 4 is 18.0 Å². The molecule has 0 spiro atoms. The van der Waals surface area contributed by atoms with Crippen LogP contribution in [0.2, 0.25) is 0 Å². The van der Waals surface area contributed by atoms with E-state index >= 15 is 0 Å². The Morgan fingerprint density at radius 1 is 1.14 bits per heavy atom. The highest BCUT2D eigenvalue weighted by molar-refractivity contribution is 5.88. The van der Waals surface area contributed by atoms with Gasteiger partial charge in [-0.2, -0.15) is 0 Å². The number of esters is 1. The molecule has 0 aliphatic carbocycles. The number of nitrogens with two attached hydrogens (primary N) is 1. The quantitative estimate of drug-likeness (QED) is 0.145. The van der Waals surface area contributed by atoms with E-state index < -0.39 is 36.5 Å². The van der Waals surface area contributed by atoms with Gasteiger partial charge in [-0.25, -0.2) is 9.59 Å². The molecule has 0 aromatic carbocycles. The van der Waals surface area contributed by atoms with Crippen LogP contribution in [-0.4, -0.2) is 52.6 Å². The summed E-state index contributed by atoms with van der Waals surface area (Å²) in [6.45, 7) is 9.54. The number of aliphatic hydroxyl groups excluding tert-OH is 2. The van der Waals surface area contributed by atoms with Crippen molar-refractivity contribution in [2.75, 3.05) is 0 Å². The molecule has 42 heavy (non-hydrogen) atoms. The lowest BCUT2D eigenvalue weighted by molar-refractivity contribution is -0.144. The maximum Gasteiger partial charge on any atom is 0.404 e. The molecule has 0 radical (unpaired) electrons. The number of aliphatic hydroxyl groups is 2. The second-order valence-corrected chi connectivity index (χ2v) is 10.8. The zero-order chi connectivity index (χ0) is 31.5. The molecule has 1 aliphatic rings. The van der Waals surface area contributed by atoms with Crippen LogP contribution in [0, 0.1) is 5.92 Å². The van der Waals surface area contributed by atoms with E-state index in [0.29, 0.717) is 38.5 Å². The Morgan fingerprint density at radius 2 is 1.88 bits per heavy atom. The minimum atomic E-state index is -1.11. The third-order valence-corrected chi connectivity index (χ3v) is 6.33. The molecule has 5 atom stereocenters. The van der Waals surface area contributed by atoms with E-state index in [-0.39, 0.29) is 11.8 Å². The van der Waals surface area contributed by atoms with Crippen LogP contribution in [0.1, 0.15) is 73.1 Å². The van der Waals surface area contributed by atoms with E-state index in [4.69, 9.17) is 15.2 Å². The normalized spacial score (nSPS) is 27.8. The first-order valence-electron chi connectivity index (χ1n) is 14.4. The number of carbonyl (C=O) groups excluding carboxylic acids is 3. The minimum Gasteiger partial charge on any atom is -0.458 e. The molecule has 0 bridgehead atoms. The molecule has 0 fully saturated rings. The summed E-state index contributed by atoms with van der Waals surface area (Å²) >= 11 is 0. The predicted octanol–water partition coefficient (Wildman–Crippen LogP) is 5.23. The summed E-state index contributed by atoms with van der Waals surface area (Å²) < 4.78 is 10.9. The number of amides is 2. The molecule has 0 aromatic heterocycles. The van der Waals surface area contributed by atoms with Crippen molar-refractivity contribution in [3.8, 4) is 0 Å². The van der Waals surface area contributed by atoms with Gasteiger partial charge in [-0.15, -0.1) is 0 Å². The lowest BCUT2D eigenvalue weighted by atomic mass is 9.95. The van der Waals surface area contributed by atoms with E-state index in [0.717, 1.165) is 16.7 Å². The molecule has 9 heteroatoms. The van der Waals surface area contributed by atoms with E-state index in [1.807, 2.05) is 58.9 Å². The smallest absolute Gasteiger partial charge is 0.404 e. The molecular formula is C33H48N2O7. The van der Waals surface area contributed by atoms with Crippen LogP contribution in [0.15, 0.2) is 83.7 Å². The van der Waals surface area contributed by atoms with Crippen molar-refractivity contribution in [3.63, 3.8) is 0 Å². The van der Waals surface area contributed by atoms with Crippen LogP contribution in [-0.2, 0) is 19.1 Å². The Morgan fingerprint density at radius 3 is 2.57 bits per heavy atom. The Bertz CT molecular complexity index is 1090. The summed E-state index contributed by atoms with van der Waals surface area (Å²) in [5.74, 6) is -0.764. The number of primary amides is 1. The highest BCUT2D eigenvalue weighted by Gasteiger charge is 2.21. The number of nitrogens with one attached hydrogen (secondary N) is 1. The molecular weight excluding hydrogens is 536 g/mol. The average Bonchev–Trinajstić information content (AvgIpc) is 2.89. The van der Waals surface area contributed by atoms with E-state index in [1.54, 1.807) is 18.4 Å². The third-order valence-electron chi connectivity index (χ3n) is 6.33. The molecule has 0 saturated heterocycles. The van der Waals surface area contributed by atoms with Gasteiger partial charge in [-0.1, -0.05) is 66.2 Å². The van der Waals surface area contributed by atoms with Gasteiger partial charge in [0.25, 0.3) is 0 Å². The average molecular weight is 585 g/mol. The molecule has 1 rings (SSSR count). The van der Waals surface area contributed by atoms with E-state index in [2.05, 4.69) is 5.32 Å². The molecule has 0 saturated carbocycles. The highest BCUT2D eigenvalue weighted by Crippen LogP contribution is 2.21. The second kappa shape index (κ2) is 20.2. The number of rotatable bonds is 6. The Balaban J connectivity index is 3.09. The molecule has 2 amide bonds. The molecule has 232 valence electrons. The van der Waals surface area contributed by atoms with Gasteiger partial charge in [0.15, 0.2) is 0 Å². The summed E-state index contributed by atoms with van der Waals surface area (Å²) in [6.07, 6.45) is 17.3. The standard InChI is InChI=1S/C33H48N2O7/c1-23(2)20-31(38)35-19-18-25(4)21-26(5)30-22-24(3)12-8-6-10-14-29(42-33(34)40)28(37)17-16-27(36)13-9-7-11-15-32(39)41-30/h6,8,11-12,15-21,26-30,36-37H,7,9-10,13-14,22H2,1-5H3,(H2,34,40)(H,35,38)/b8-6+,15-11+,17-16+,19-18+,24-12+,25-21+/t26-,27+,28+,29+,30-/m0/s1. The van der Waals surface area contributed by atoms with Crippen molar-refractivity contribution < 1.29 is 34.1 Å². The van der Waals surface area contributed by atoms with Crippen molar-refractivity contribution in [1.82, 2.24) is 5.32 Å². The molecule has 1 heterocycles. The van der Waals surface area contributed by atoms with Crippen LogP contribution >= 0.6 is 0 Å². The maximum absolute atomic E-state index is 12.6. The van der Waals surface area contributed by atoms with Gasteiger partial charge in [0.2, 0.25) is 5.91 Å². The Labute approximate surface area is 250 Å². The minimum absolute atomic E-state index is 0.124. The molecule has 5 N–H and O–H groups in total. The predicted molar refractivity (Wildman–Crippen MR) is 165 cm³/mol. The largest absolute Gasteiger partial charge is 0.458 e. The topological polar surface area (TPSA) is 148 Å². The first kappa shape index (κ1) is 36.3. The van der Waals surface area contributed by atoms with E-state index in [1.165, 1.54) is 24.3 Å². The Kier molecular flexibility index (Phi) is 17.5. The fourth-order valence-electron chi connectivity index (χ4n) is 4.17. The van der Waals surface area contributed by atoms with Gasteiger partial charge < -0.3 is 30.7 Å². The van der Waals surface area contributed by atoms with Gasteiger partial charge in [0.05, 0.1) is 6.10 Å². The van der Waals surface area contributed by atoms with E-state index in [9.17, 15) is 24.6 Å². The van der Waals surface area contributed by atoms with Crippen molar-refractivity contribution in [3.05, 3.63) is 83.7 Å². The molecule has 0 unspecified atom stereocenters. The van der Waals surface area contributed by atoms with Gasteiger partial charge in [-0.3, -0.25) is 4.79 Å². The fourth-order valence-corrected chi connectivity index (χ4v) is 4.17. The maximum atomic E-state index is 12.6. The summed E-state index contributed by atoms with van der Waals surface area (Å²) in [6, 6.07) is 0. The van der Waals surface area contributed by atoms with Crippen molar-refractivity contribution in [1.29, 1.82) is 0 Å². The summed E-state index contributed by atoms with van der Waals surface area (Å²) in [4.78, 5) is 35.8. The first-order chi connectivity index (χ1) is 19.9. The van der Waals surface area contributed by atoms with Crippen LogP contribution < -0.4 is 11.1 Å². The zero-order valence-electron chi connectivity index (χ0n) is 25.5. The number of hydrogen-bond donors (Lipinski definition) is 4. The number of ether oxygens (including phenoxy) is 2. The Hall–Kier alpha value is -3.69. The monoisotopic (exact) mass is 584 g/mol. The summed E-state index contributed by atoms with van der Waals surface area (Å²) in [7, 11) is 0. The fraction of sp³-hybridized carbons (Fsp3) is 0.485. The number of cyclic esters (lactones) is 1. The highest BCUT2D eigenvalue weighted by atomic mass is 16.6. The van der Waals surface area contributed by atoms with Crippen LogP contribution in [0.3, 0.4) is 0 Å². The van der Waals surface area contributed by atoms with Gasteiger partial charge in [-0.05, 0) is 65.9 Å². The van der Waals surface area contributed by atoms with Crippen molar-refractivity contribution in [2.45, 2.75) is 97.6 Å². The number of allylic oxidation sites excluding steroid dienone is 7. The second-order valence-electron chi connectivity index (χ2n) is 10.8. The van der Waals surface area contributed by atoms with Crippen LogP contribution in [0.4, 0.5) is 4.79 Å². The summed E-state index contributed by atoms with van der Waals surface area (Å²) in [5, 5.41) is 23.4.